The number of rotatable bonds is 6. The Hall–Kier alpha value is -2.49. The van der Waals surface area contributed by atoms with Gasteiger partial charge in [-0.15, -0.1) is 0 Å². The van der Waals surface area contributed by atoms with E-state index in [0.29, 0.717) is 36.5 Å². The zero-order chi connectivity index (χ0) is 21.0. The predicted octanol–water partition coefficient (Wildman–Crippen LogP) is 2.79. The summed E-state index contributed by atoms with van der Waals surface area (Å²) in [6, 6.07) is -0.0527. The van der Waals surface area contributed by atoms with Crippen LogP contribution in [-0.4, -0.2) is 61.6 Å². The van der Waals surface area contributed by atoms with Crippen molar-refractivity contribution in [2.24, 2.45) is 11.8 Å². The summed E-state index contributed by atoms with van der Waals surface area (Å²) in [5.41, 5.74) is -0.464. The van der Waals surface area contributed by atoms with Gasteiger partial charge in [0.1, 0.15) is 11.9 Å². The van der Waals surface area contributed by atoms with Crippen molar-refractivity contribution in [3.05, 3.63) is 12.2 Å². The molecule has 3 rings (SSSR count). The molecule has 1 aliphatic heterocycles. The minimum Gasteiger partial charge on any atom is -0.444 e. The summed E-state index contributed by atoms with van der Waals surface area (Å²) in [7, 11) is 0. The number of aromatic nitrogens is 5. The van der Waals surface area contributed by atoms with E-state index in [2.05, 4.69) is 44.5 Å². The first-order valence-corrected chi connectivity index (χ1v) is 10.1. The maximum absolute atomic E-state index is 12.2. The first-order chi connectivity index (χ1) is 13.7. The van der Waals surface area contributed by atoms with E-state index in [0.717, 1.165) is 19.4 Å². The van der Waals surface area contributed by atoms with Gasteiger partial charge in [0.05, 0.1) is 6.04 Å². The molecule has 0 spiro atoms. The van der Waals surface area contributed by atoms with Crippen LogP contribution in [0, 0.1) is 11.8 Å². The third-order valence-corrected chi connectivity index (χ3v) is 4.89. The van der Waals surface area contributed by atoms with Crippen molar-refractivity contribution in [1.82, 2.24) is 35.5 Å². The highest BCUT2D eigenvalue weighted by Gasteiger charge is 2.29. The number of carbonyl (C=O) groups is 1. The molecule has 1 saturated heterocycles. The van der Waals surface area contributed by atoms with Crippen LogP contribution in [0.5, 0.6) is 0 Å². The quantitative estimate of drug-likeness (QED) is 0.752. The Kier molecular flexibility index (Phi) is 6.51. The maximum atomic E-state index is 12.2. The molecule has 0 aliphatic carbocycles. The van der Waals surface area contributed by atoms with Crippen molar-refractivity contribution < 1.29 is 14.1 Å². The van der Waals surface area contributed by atoms with Gasteiger partial charge in [-0.1, -0.05) is 19.0 Å². The second-order valence-corrected chi connectivity index (χ2v) is 8.83. The number of likely N-dealkylation sites (tertiary alicyclic amines) is 1. The second kappa shape index (κ2) is 8.89. The van der Waals surface area contributed by atoms with Gasteiger partial charge < -0.3 is 19.5 Å². The first kappa shape index (κ1) is 21.2. The van der Waals surface area contributed by atoms with E-state index in [-0.39, 0.29) is 18.1 Å². The molecule has 1 fully saturated rings. The van der Waals surface area contributed by atoms with E-state index in [1.165, 1.54) is 6.33 Å². The normalized spacial score (nSPS) is 17.0. The lowest BCUT2D eigenvalue weighted by atomic mass is 9.95. The molecule has 10 nitrogen and oxygen atoms in total. The number of carbonyl (C=O) groups excluding carboxylic acids is 1. The van der Waals surface area contributed by atoms with Gasteiger partial charge in [0.25, 0.3) is 0 Å². The Bertz CT molecular complexity index is 774. The summed E-state index contributed by atoms with van der Waals surface area (Å²) in [4.78, 5) is 22.5. The lowest BCUT2D eigenvalue weighted by Crippen LogP contribution is -2.43. The Morgan fingerprint density at radius 1 is 1.38 bits per heavy atom. The number of piperidine rings is 1. The zero-order valence-corrected chi connectivity index (χ0v) is 17.8. The molecule has 2 aromatic rings. The smallest absolute Gasteiger partial charge is 0.410 e. The number of aromatic amines is 1. The zero-order valence-electron chi connectivity index (χ0n) is 17.8. The Morgan fingerprint density at radius 3 is 2.69 bits per heavy atom. The Labute approximate surface area is 170 Å². The molecule has 2 N–H and O–H groups in total. The lowest BCUT2D eigenvalue weighted by molar-refractivity contribution is 0.0182. The molecule has 1 atom stereocenters. The number of H-pyrrole nitrogens is 1. The number of hydrogen-bond donors (Lipinski definition) is 2. The third kappa shape index (κ3) is 5.75. The molecule has 0 saturated carbocycles. The van der Waals surface area contributed by atoms with E-state index in [9.17, 15) is 4.79 Å². The fourth-order valence-corrected chi connectivity index (χ4v) is 3.32. The van der Waals surface area contributed by atoms with Crippen LogP contribution >= 0.6 is 0 Å². The summed E-state index contributed by atoms with van der Waals surface area (Å²) in [6.07, 6.45) is 3.05. The second-order valence-electron chi connectivity index (χ2n) is 8.83. The van der Waals surface area contributed by atoms with Crippen molar-refractivity contribution in [1.29, 1.82) is 0 Å². The molecule has 0 aromatic carbocycles. The molecule has 29 heavy (non-hydrogen) atoms. The van der Waals surface area contributed by atoms with Gasteiger partial charge in [-0.25, -0.2) is 9.78 Å². The van der Waals surface area contributed by atoms with E-state index in [1.807, 2.05) is 20.8 Å². The summed E-state index contributed by atoms with van der Waals surface area (Å²) in [5, 5.41) is 14.1. The van der Waals surface area contributed by atoms with Crippen molar-refractivity contribution in [3.63, 3.8) is 0 Å². The lowest BCUT2D eigenvalue weighted by Gasteiger charge is -2.34. The highest BCUT2D eigenvalue weighted by molar-refractivity contribution is 5.68. The molecule has 0 unspecified atom stereocenters. The minimum atomic E-state index is -0.464. The van der Waals surface area contributed by atoms with Gasteiger partial charge >= 0.3 is 6.09 Å². The third-order valence-electron chi connectivity index (χ3n) is 4.89. The highest BCUT2D eigenvalue weighted by atomic mass is 16.6. The Balaban J connectivity index is 1.51. The van der Waals surface area contributed by atoms with Gasteiger partial charge in [-0.2, -0.15) is 10.1 Å². The molecule has 10 heteroatoms. The minimum absolute atomic E-state index is 0.0527. The summed E-state index contributed by atoms with van der Waals surface area (Å²) >= 11 is 0. The monoisotopic (exact) mass is 405 g/mol. The van der Waals surface area contributed by atoms with Gasteiger partial charge in [-0.3, -0.25) is 5.10 Å². The molecule has 3 heterocycles. The van der Waals surface area contributed by atoms with E-state index in [1.54, 1.807) is 4.90 Å². The number of ether oxygens (including phenoxy) is 1. The van der Waals surface area contributed by atoms with Gasteiger partial charge in [0, 0.05) is 13.1 Å². The fraction of sp³-hybridized carbons (Fsp3) is 0.737. The van der Waals surface area contributed by atoms with E-state index in [4.69, 9.17) is 9.26 Å². The Morgan fingerprint density at radius 2 is 2.10 bits per heavy atom. The van der Waals surface area contributed by atoms with Gasteiger partial charge in [0.2, 0.25) is 11.7 Å². The molecule has 1 aliphatic rings. The van der Waals surface area contributed by atoms with E-state index < -0.39 is 5.60 Å². The van der Waals surface area contributed by atoms with Crippen LogP contribution in [0.4, 0.5) is 4.79 Å². The average Bonchev–Trinajstić information content (AvgIpc) is 3.32. The van der Waals surface area contributed by atoms with Crippen LogP contribution in [0.3, 0.4) is 0 Å². The summed E-state index contributed by atoms with van der Waals surface area (Å²) in [5.74, 6) is 2.18. The topological polar surface area (TPSA) is 122 Å². The molecule has 1 amide bonds. The van der Waals surface area contributed by atoms with Crippen LogP contribution in [0.2, 0.25) is 0 Å². The van der Waals surface area contributed by atoms with Gasteiger partial charge in [0.15, 0.2) is 5.82 Å². The maximum Gasteiger partial charge on any atom is 0.410 e. The van der Waals surface area contributed by atoms with Crippen LogP contribution in [0.25, 0.3) is 11.6 Å². The number of amides is 1. The summed E-state index contributed by atoms with van der Waals surface area (Å²) < 4.78 is 10.9. The molecule has 2 aromatic heterocycles. The standard InChI is InChI=1S/C19H31N7O3/c1-12(2)14(17-23-16(25-29-17)15-21-11-22-24-15)20-10-13-6-8-26(9-7-13)18(27)28-19(3,4)5/h11-14,20H,6-10H2,1-5H3,(H,21,22,24)/t14-/m1/s1. The van der Waals surface area contributed by atoms with Crippen molar-refractivity contribution >= 4 is 6.09 Å². The van der Waals surface area contributed by atoms with Crippen molar-refractivity contribution in [3.8, 4) is 11.6 Å². The van der Waals surface area contributed by atoms with Crippen LogP contribution in [0.15, 0.2) is 10.9 Å². The van der Waals surface area contributed by atoms with Crippen LogP contribution in [0.1, 0.15) is 59.4 Å². The molecular formula is C19H31N7O3. The molecule has 0 radical (unpaired) electrons. The fourth-order valence-electron chi connectivity index (χ4n) is 3.32. The summed E-state index contributed by atoms with van der Waals surface area (Å²) in [6.45, 7) is 12.1. The van der Waals surface area contributed by atoms with E-state index >= 15 is 0 Å². The molecule has 0 bridgehead atoms. The average molecular weight is 406 g/mol. The van der Waals surface area contributed by atoms with Gasteiger partial charge in [-0.05, 0) is 52.0 Å². The first-order valence-electron chi connectivity index (χ1n) is 10.1. The van der Waals surface area contributed by atoms with Crippen molar-refractivity contribution in [2.75, 3.05) is 19.6 Å². The van der Waals surface area contributed by atoms with Crippen LogP contribution in [-0.2, 0) is 4.74 Å². The SMILES string of the molecule is CC(C)[C@@H](NCC1CCN(C(=O)OC(C)(C)C)CC1)c1nc(-c2ncn[nH]2)no1. The number of nitrogens with zero attached hydrogens (tertiary/aromatic N) is 5. The molecule has 160 valence electrons. The highest BCUT2D eigenvalue weighted by Crippen LogP contribution is 2.24. The number of nitrogens with one attached hydrogen (secondary N) is 2. The number of hydrogen-bond acceptors (Lipinski definition) is 8. The largest absolute Gasteiger partial charge is 0.444 e. The predicted molar refractivity (Wildman–Crippen MR) is 106 cm³/mol. The van der Waals surface area contributed by atoms with Crippen LogP contribution < -0.4 is 5.32 Å². The van der Waals surface area contributed by atoms with Crippen molar-refractivity contribution in [2.45, 2.75) is 59.1 Å². The molecular weight excluding hydrogens is 374 g/mol.